The molecule has 0 aliphatic carbocycles. The number of aromatic amines is 1. The van der Waals surface area contributed by atoms with Gasteiger partial charge in [0.15, 0.2) is 5.16 Å². The highest BCUT2D eigenvalue weighted by Crippen LogP contribution is 2.41. The lowest BCUT2D eigenvalue weighted by atomic mass is 10.0. The van der Waals surface area contributed by atoms with Crippen molar-refractivity contribution >= 4 is 52.9 Å². The molecule has 2 aromatic heterocycles. The lowest BCUT2D eigenvalue weighted by Crippen LogP contribution is -1.85. The smallest absolute Gasteiger partial charge is 0.335 e. The van der Waals surface area contributed by atoms with Crippen LogP contribution in [0.25, 0.3) is 33.1 Å². The number of aryl methyl sites for hydroxylation is 1. The van der Waals surface area contributed by atoms with Gasteiger partial charge in [-0.05, 0) is 35.9 Å². The molecule has 134 valence electrons. The van der Waals surface area contributed by atoms with Gasteiger partial charge in [0.1, 0.15) is 5.49 Å². The third-order valence-corrected chi connectivity index (χ3v) is 6.76. The maximum atomic E-state index is 11.0. The van der Waals surface area contributed by atoms with Gasteiger partial charge in [-0.25, -0.2) is 4.98 Å². The van der Waals surface area contributed by atoms with Gasteiger partial charge in [0.25, 0.3) is 0 Å². The van der Waals surface area contributed by atoms with Crippen LogP contribution in [0.1, 0.15) is 0 Å². The number of hydrogen-bond donors (Lipinski definition) is 3. The molecule has 0 fully saturated rings. The number of nitrogens with one attached hydrogen (secondary N) is 1. The number of aromatic nitrogens is 3. The van der Waals surface area contributed by atoms with Crippen LogP contribution in [0.4, 0.5) is 0 Å². The Kier molecular flexibility index (Phi) is 4.37. The second kappa shape index (κ2) is 6.44. The van der Waals surface area contributed by atoms with E-state index in [0.717, 1.165) is 39.3 Å². The summed E-state index contributed by atoms with van der Waals surface area (Å²) in [6.07, 6.45) is 2.01. The number of imidazole rings is 1. The fourth-order valence-electron chi connectivity index (χ4n) is 2.89. The molecule has 26 heavy (non-hydrogen) atoms. The number of H-pyrrole nitrogens is 1. The highest BCUT2D eigenvalue weighted by atomic mass is 35.5. The van der Waals surface area contributed by atoms with E-state index in [1.54, 1.807) is 6.07 Å². The Morgan fingerprint density at radius 1 is 1.27 bits per heavy atom. The van der Waals surface area contributed by atoms with Gasteiger partial charge in [-0.1, -0.05) is 29.4 Å². The molecule has 0 aliphatic heterocycles. The molecule has 6 nitrogen and oxygen atoms in total. The molecular weight excluding hydrogens is 393 g/mol. The highest BCUT2D eigenvalue weighted by molar-refractivity contribution is 8.04. The van der Waals surface area contributed by atoms with E-state index in [1.165, 1.54) is 0 Å². The lowest BCUT2D eigenvalue weighted by Gasteiger charge is -2.06. The summed E-state index contributed by atoms with van der Waals surface area (Å²) in [5.74, 6) is 0. The van der Waals surface area contributed by atoms with Gasteiger partial charge in [0, 0.05) is 29.7 Å². The molecule has 0 unspecified atom stereocenters. The zero-order valence-electron chi connectivity index (χ0n) is 13.7. The minimum Gasteiger partial charge on any atom is -0.351 e. The van der Waals surface area contributed by atoms with Crippen molar-refractivity contribution in [3.63, 3.8) is 0 Å². The van der Waals surface area contributed by atoms with E-state index in [1.807, 2.05) is 25.4 Å². The van der Waals surface area contributed by atoms with E-state index in [4.69, 9.17) is 21.4 Å². The first-order chi connectivity index (χ1) is 12.3. The predicted octanol–water partition coefficient (Wildman–Crippen LogP) is 4.60. The molecule has 0 atom stereocenters. The minimum absolute atomic E-state index is 0.321. The van der Waals surface area contributed by atoms with E-state index in [2.05, 4.69) is 32.7 Å². The summed E-state index contributed by atoms with van der Waals surface area (Å²) in [7, 11) is -2.09. The molecule has 0 saturated heterocycles. The topological polar surface area (TPSA) is 91.1 Å². The van der Waals surface area contributed by atoms with Crippen molar-refractivity contribution in [2.45, 2.75) is 5.16 Å². The predicted molar refractivity (Wildman–Crippen MR) is 106 cm³/mol. The summed E-state index contributed by atoms with van der Waals surface area (Å²) in [5, 5.41) is 2.17. The Balaban J connectivity index is 1.74. The van der Waals surface area contributed by atoms with E-state index in [9.17, 15) is 4.57 Å². The summed E-state index contributed by atoms with van der Waals surface area (Å²) in [5.41, 5.74) is 4.10. The molecule has 4 aromatic rings. The van der Waals surface area contributed by atoms with Gasteiger partial charge in [-0.15, -0.1) is 0 Å². The maximum absolute atomic E-state index is 11.0. The van der Waals surface area contributed by atoms with Gasteiger partial charge in [0.05, 0.1) is 16.1 Å². The number of nitrogens with zero attached hydrogens (tertiary/aromatic N) is 2. The molecule has 0 saturated carbocycles. The van der Waals surface area contributed by atoms with Gasteiger partial charge in [0.2, 0.25) is 0 Å². The Morgan fingerprint density at radius 3 is 2.85 bits per heavy atom. The van der Waals surface area contributed by atoms with Crippen LogP contribution in [0.15, 0.2) is 47.8 Å². The van der Waals surface area contributed by atoms with Crippen LogP contribution < -0.4 is 0 Å². The van der Waals surface area contributed by atoms with Gasteiger partial charge in [-0.3, -0.25) is 4.57 Å². The monoisotopic (exact) mass is 407 g/mol. The molecule has 0 bridgehead atoms. The SMILES string of the molecule is Cn1ccc2cc(-c3cc4nc(SCP(=O)(O)O)[nH]c4cc3Cl)ccc21. The summed E-state index contributed by atoms with van der Waals surface area (Å²) < 4.78 is 13.1. The summed E-state index contributed by atoms with van der Waals surface area (Å²) >= 11 is 7.46. The quantitative estimate of drug-likeness (QED) is 0.339. The van der Waals surface area contributed by atoms with Gasteiger partial charge >= 0.3 is 7.60 Å². The van der Waals surface area contributed by atoms with Crippen LogP contribution in [0.5, 0.6) is 0 Å². The highest BCUT2D eigenvalue weighted by Gasteiger charge is 2.16. The number of fused-ring (bicyclic) bond motifs is 2. The third-order valence-electron chi connectivity index (χ3n) is 4.11. The molecule has 0 aliphatic rings. The zero-order valence-corrected chi connectivity index (χ0v) is 16.1. The standard InChI is InChI=1S/C17H15ClN3O3PS/c1-21-5-4-11-6-10(2-3-16(11)21)12-7-14-15(8-13(12)18)20-17(19-14)26-9-25(22,23)24/h2-8H,9H2,1H3,(H,19,20)(H2,22,23,24). The molecule has 0 amide bonds. The second-order valence-electron chi connectivity index (χ2n) is 6.03. The van der Waals surface area contributed by atoms with E-state index >= 15 is 0 Å². The Morgan fingerprint density at radius 2 is 2.08 bits per heavy atom. The molecule has 4 rings (SSSR count). The van der Waals surface area contributed by atoms with Crippen LogP contribution in [-0.2, 0) is 11.6 Å². The summed E-state index contributed by atoms with van der Waals surface area (Å²) in [4.78, 5) is 25.5. The first-order valence-electron chi connectivity index (χ1n) is 7.72. The van der Waals surface area contributed by atoms with Crippen molar-refractivity contribution < 1.29 is 14.4 Å². The number of halogens is 1. The molecule has 0 spiro atoms. The molecule has 0 radical (unpaired) electrons. The molecule has 9 heteroatoms. The summed E-state index contributed by atoms with van der Waals surface area (Å²) in [6.45, 7) is 0. The first kappa shape index (κ1) is 17.6. The van der Waals surface area contributed by atoms with Crippen molar-refractivity contribution in [2.24, 2.45) is 7.05 Å². The Hall–Kier alpha value is -1.76. The fraction of sp³-hybridized carbons (Fsp3) is 0.118. The second-order valence-corrected chi connectivity index (χ2v) is 9.47. The average molecular weight is 408 g/mol. The summed E-state index contributed by atoms with van der Waals surface area (Å²) in [6, 6.07) is 11.9. The van der Waals surface area contributed by atoms with Crippen molar-refractivity contribution in [1.29, 1.82) is 0 Å². The van der Waals surface area contributed by atoms with Crippen molar-refractivity contribution in [3.05, 3.63) is 47.6 Å². The molecule has 2 heterocycles. The first-order valence-corrected chi connectivity index (χ1v) is 10.9. The van der Waals surface area contributed by atoms with Crippen molar-refractivity contribution in [3.8, 4) is 11.1 Å². The van der Waals surface area contributed by atoms with Crippen LogP contribution in [0.3, 0.4) is 0 Å². The zero-order chi connectivity index (χ0) is 18.5. The van der Waals surface area contributed by atoms with E-state index in [-0.39, 0.29) is 5.49 Å². The maximum Gasteiger partial charge on any atom is 0.335 e. The number of benzene rings is 2. The number of hydrogen-bond acceptors (Lipinski definition) is 3. The lowest BCUT2D eigenvalue weighted by molar-refractivity contribution is 0.379. The molecule has 3 N–H and O–H groups in total. The van der Waals surface area contributed by atoms with Crippen LogP contribution in [0.2, 0.25) is 5.02 Å². The third kappa shape index (κ3) is 3.41. The normalized spacial score (nSPS) is 12.3. The van der Waals surface area contributed by atoms with E-state index < -0.39 is 7.60 Å². The van der Waals surface area contributed by atoms with E-state index in [0.29, 0.717) is 15.7 Å². The Labute approximate surface area is 158 Å². The van der Waals surface area contributed by atoms with Crippen LogP contribution >= 0.6 is 31.0 Å². The number of rotatable bonds is 4. The fourth-order valence-corrected chi connectivity index (χ4v) is 4.67. The van der Waals surface area contributed by atoms with Crippen molar-refractivity contribution in [2.75, 3.05) is 5.49 Å². The Bertz CT molecular complexity index is 1180. The van der Waals surface area contributed by atoms with Crippen LogP contribution in [-0.4, -0.2) is 29.8 Å². The van der Waals surface area contributed by atoms with Crippen LogP contribution in [0, 0.1) is 0 Å². The average Bonchev–Trinajstić information content (AvgIpc) is 3.14. The minimum atomic E-state index is -4.09. The van der Waals surface area contributed by atoms with Crippen molar-refractivity contribution in [1.82, 2.24) is 14.5 Å². The molecular formula is C17H15ClN3O3PS. The van der Waals surface area contributed by atoms with Gasteiger partial charge in [-0.2, -0.15) is 0 Å². The number of thioether (sulfide) groups is 1. The largest absolute Gasteiger partial charge is 0.351 e. The van der Waals surface area contributed by atoms with Gasteiger partial charge < -0.3 is 19.3 Å². The molecule has 2 aromatic carbocycles.